The van der Waals surface area contributed by atoms with E-state index in [0.29, 0.717) is 18.1 Å². The van der Waals surface area contributed by atoms with Crippen LogP contribution in [0.3, 0.4) is 0 Å². The van der Waals surface area contributed by atoms with Crippen LogP contribution in [0.25, 0.3) is 11.1 Å². The van der Waals surface area contributed by atoms with Crippen LogP contribution in [0.1, 0.15) is 53.3 Å². The highest BCUT2D eigenvalue weighted by Gasteiger charge is 2.27. The van der Waals surface area contributed by atoms with Crippen molar-refractivity contribution in [3.8, 4) is 22.6 Å². The maximum atomic E-state index is 12.2. The van der Waals surface area contributed by atoms with Crippen molar-refractivity contribution in [3.05, 3.63) is 39.7 Å². The largest absolute Gasteiger partial charge is 0.490 e. The third-order valence-electron chi connectivity index (χ3n) is 4.80. The van der Waals surface area contributed by atoms with E-state index in [1.807, 2.05) is 0 Å². The number of ether oxygens (including phenoxy) is 2. The van der Waals surface area contributed by atoms with Crippen molar-refractivity contribution in [2.45, 2.75) is 38.7 Å². The highest BCUT2D eigenvalue weighted by atomic mass is 16.5. The summed E-state index contributed by atoms with van der Waals surface area (Å²) in [6.45, 7) is 2.10. The van der Waals surface area contributed by atoms with E-state index in [0.717, 1.165) is 25.7 Å². The Labute approximate surface area is 166 Å². The topological polar surface area (TPSA) is 152 Å². The minimum atomic E-state index is -1.56. The minimum absolute atomic E-state index is 0.0689. The molecule has 1 fully saturated rings. The Morgan fingerprint density at radius 1 is 1.14 bits per heavy atom. The number of nitrogen functional groups attached to an aromatic ring is 1. The van der Waals surface area contributed by atoms with Crippen molar-refractivity contribution in [3.63, 3.8) is 0 Å². The predicted octanol–water partition coefficient (Wildman–Crippen LogP) is 2.74. The summed E-state index contributed by atoms with van der Waals surface area (Å²) in [7, 11) is 0. The smallest absolute Gasteiger partial charge is 0.342 e. The lowest BCUT2D eigenvalue weighted by atomic mass is 9.95. The van der Waals surface area contributed by atoms with Crippen molar-refractivity contribution in [1.29, 1.82) is 0 Å². The first kappa shape index (κ1) is 20.2. The van der Waals surface area contributed by atoms with Crippen molar-refractivity contribution < 1.29 is 29.3 Å². The third-order valence-corrected chi connectivity index (χ3v) is 4.80. The number of nitrogens with one attached hydrogen (secondary N) is 1. The van der Waals surface area contributed by atoms with Gasteiger partial charge in [-0.2, -0.15) is 0 Å². The molecule has 1 aliphatic rings. The van der Waals surface area contributed by atoms with Crippen LogP contribution in [0.2, 0.25) is 0 Å². The number of nitrogens with two attached hydrogens (primary N) is 1. The van der Waals surface area contributed by atoms with Crippen molar-refractivity contribution in [2.75, 3.05) is 12.3 Å². The zero-order valence-electron chi connectivity index (χ0n) is 15.9. The van der Waals surface area contributed by atoms with Gasteiger partial charge in [0, 0.05) is 5.56 Å². The molecule has 3 rings (SSSR count). The Bertz CT molecular complexity index is 1010. The number of aromatic nitrogens is 1. The molecular weight excluding hydrogens is 380 g/mol. The molecule has 1 aliphatic carbocycles. The van der Waals surface area contributed by atoms with E-state index >= 15 is 0 Å². The second-order valence-corrected chi connectivity index (χ2v) is 6.72. The van der Waals surface area contributed by atoms with Crippen LogP contribution in [0, 0.1) is 0 Å². The Hall–Kier alpha value is -3.49. The van der Waals surface area contributed by atoms with Crippen LogP contribution in [0.15, 0.2) is 23.0 Å². The quantitative estimate of drug-likeness (QED) is 0.552. The number of hydrogen-bond donors (Lipinski definition) is 4. The minimum Gasteiger partial charge on any atom is -0.490 e. The molecule has 0 amide bonds. The second-order valence-electron chi connectivity index (χ2n) is 6.72. The highest BCUT2D eigenvalue weighted by Crippen LogP contribution is 2.38. The van der Waals surface area contributed by atoms with Gasteiger partial charge in [-0.15, -0.1) is 0 Å². The van der Waals surface area contributed by atoms with E-state index < -0.39 is 34.4 Å². The molecule has 1 aromatic carbocycles. The van der Waals surface area contributed by atoms with Crippen molar-refractivity contribution in [2.24, 2.45) is 0 Å². The molecule has 29 heavy (non-hydrogen) atoms. The van der Waals surface area contributed by atoms with Crippen LogP contribution in [0.4, 0.5) is 5.82 Å². The van der Waals surface area contributed by atoms with Crippen LogP contribution >= 0.6 is 0 Å². The van der Waals surface area contributed by atoms with Gasteiger partial charge in [0.25, 0.3) is 5.56 Å². The van der Waals surface area contributed by atoms with Gasteiger partial charge < -0.3 is 30.4 Å². The van der Waals surface area contributed by atoms with Gasteiger partial charge in [-0.05, 0) is 50.3 Å². The maximum Gasteiger partial charge on any atom is 0.342 e. The molecule has 1 heterocycles. The summed E-state index contributed by atoms with van der Waals surface area (Å²) < 4.78 is 11.6. The number of hydrogen-bond acceptors (Lipinski definition) is 6. The summed E-state index contributed by atoms with van der Waals surface area (Å²) in [5, 5.41) is 19.1. The molecule has 0 spiro atoms. The van der Waals surface area contributed by atoms with Crippen LogP contribution in [-0.2, 0) is 0 Å². The number of pyridine rings is 1. The van der Waals surface area contributed by atoms with Crippen LogP contribution < -0.4 is 20.8 Å². The molecule has 9 nitrogen and oxygen atoms in total. The Balaban J connectivity index is 2.19. The van der Waals surface area contributed by atoms with Gasteiger partial charge in [0.05, 0.1) is 12.7 Å². The lowest BCUT2D eigenvalue weighted by Crippen LogP contribution is -2.24. The van der Waals surface area contributed by atoms with Crippen molar-refractivity contribution in [1.82, 2.24) is 4.98 Å². The lowest BCUT2D eigenvalue weighted by Gasteiger charge is -2.18. The molecule has 2 aromatic rings. The van der Waals surface area contributed by atoms with E-state index in [2.05, 4.69) is 4.98 Å². The number of aromatic amines is 1. The number of rotatable bonds is 7. The number of benzene rings is 1. The predicted molar refractivity (Wildman–Crippen MR) is 105 cm³/mol. The maximum absolute atomic E-state index is 12.2. The fraction of sp³-hybridized carbons (Fsp3) is 0.350. The zero-order valence-corrected chi connectivity index (χ0v) is 15.9. The van der Waals surface area contributed by atoms with Gasteiger partial charge in [-0.25, -0.2) is 9.59 Å². The average Bonchev–Trinajstić information content (AvgIpc) is 3.15. The average molecular weight is 402 g/mol. The highest BCUT2D eigenvalue weighted by molar-refractivity contribution is 6.07. The van der Waals surface area contributed by atoms with Gasteiger partial charge in [0.1, 0.15) is 16.9 Å². The van der Waals surface area contributed by atoms with E-state index in [1.54, 1.807) is 13.0 Å². The summed E-state index contributed by atoms with van der Waals surface area (Å²) in [6, 6.07) is 4.56. The third kappa shape index (κ3) is 4.03. The lowest BCUT2D eigenvalue weighted by molar-refractivity contribution is 0.0695. The summed E-state index contributed by atoms with van der Waals surface area (Å²) in [4.78, 5) is 37.7. The number of aromatic carboxylic acids is 2. The summed E-state index contributed by atoms with van der Waals surface area (Å²) >= 11 is 0. The van der Waals surface area contributed by atoms with E-state index in [4.69, 9.17) is 15.2 Å². The van der Waals surface area contributed by atoms with E-state index in [9.17, 15) is 24.6 Å². The number of carboxylic acid groups (broad SMARTS) is 2. The molecule has 0 aliphatic heterocycles. The zero-order chi connectivity index (χ0) is 21.1. The molecule has 0 bridgehead atoms. The molecule has 0 atom stereocenters. The number of carbonyl (C=O) groups is 2. The molecule has 5 N–H and O–H groups in total. The molecule has 1 saturated carbocycles. The van der Waals surface area contributed by atoms with Gasteiger partial charge in [-0.3, -0.25) is 4.79 Å². The van der Waals surface area contributed by atoms with Gasteiger partial charge in [0.2, 0.25) is 0 Å². The van der Waals surface area contributed by atoms with Crippen molar-refractivity contribution >= 4 is 17.8 Å². The van der Waals surface area contributed by atoms with E-state index in [1.165, 1.54) is 12.1 Å². The summed E-state index contributed by atoms with van der Waals surface area (Å²) in [5.41, 5.74) is 3.40. The van der Waals surface area contributed by atoms with Crippen LogP contribution in [0.5, 0.6) is 11.5 Å². The second kappa shape index (κ2) is 8.26. The van der Waals surface area contributed by atoms with Gasteiger partial charge in [-0.1, -0.05) is 6.07 Å². The fourth-order valence-corrected chi connectivity index (χ4v) is 3.55. The standard InChI is InChI=1S/C20H22N2O7/c1-2-28-13-9-10(7-8-12(13)29-11-5-3-4-6-11)14-15(19(24)25)17(21)22-18(23)16(14)20(26)27/h7-9,11H,2-6H2,1H3,(H,24,25)(H,26,27)(H3,21,22,23). The Morgan fingerprint density at radius 3 is 2.38 bits per heavy atom. The molecule has 1 aromatic heterocycles. The molecule has 0 saturated heterocycles. The molecule has 9 heteroatoms. The number of anilines is 1. The van der Waals surface area contributed by atoms with Gasteiger partial charge >= 0.3 is 11.9 Å². The van der Waals surface area contributed by atoms with E-state index in [-0.39, 0.29) is 17.2 Å². The molecule has 0 radical (unpaired) electrons. The SMILES string of the molecule is CCOc1cc(-c2c(C(=O)O)c(N)[nH]c(=O)c2C(=O)O)ccc1OC1CCCC1. The monoisotopic (exact) mass is 402 g/mol. The molecule has 0 unspecified atom stereocenters. The molecule has 154 valence electrons. The first-order valence-corrected chi connectivity index (χ1v) is 9.29. The van der Waals surface area contributed by atoms with Crippen LogP contribution in [-0.4, -0.2) is 39.8 Å². The molecular formula is C20H22N2O7. The number of H-pyrrole nitrogens is 1. The Kier molecular flexibility index (Phi) is 5.76. The Morgan fingerprint density at radius 2 is 1.79 bits per heavy atom. The first-order chi connectivity index (χ1) is 13.8. The van der Waals surface area contributed by atoms with Gasteiger partial charge in [0.15, 0.2) is 11.5 Å². The fourth-order valence-electron chi connectivity index (χ4n) is 3.55. The normalized spacial score (nSPS) is 14.0. The number of carboxylic acids is 2. The summed E-state index contributed by atoms with van der Waals surface area (Å²) in [6.07, 6.45) is 4.11. The summed E-state index contributed by atoms with van der Waals surface area (Å²) in [5.74, 6) is -2.63. The first-order valence-electron chi connectivity index (χ1n) is 9.29.